The van der Waals surface area contributed by atoms with Crippen LogP contribution in [-0.2, 0) is 10.8 Å². The maximum Gasteiger partial charge on any atom is 0.407 e. The van der Waals surface area contributed by atoms with Crippen molar-refractivity contribution in [2.24, 2.45) is 5.16 Å². The third kappa shape index (κ3) is 3.58. The summed E-state index contributed by atoms with van der Waals surface area (Å²) in [4.78, 5) is 22.0. The Morgan fingerprint density at radius 3 is 2.64 bits per heavy atom. The van der Waals surface area contributed by atoms with Gasteiger partial charge in [0, 0.05) is 36.4 Å². The van der Waals surface area contributed by atoms with Crippen molar-refractivity contribution in [2.75, 3.05) is 13.1 Å². The Hall–Kier alpha value is -2.55. The highest BCUT2D eigenvalue weighted by atomic mass is 32.1. The predicted octanol–water partition coefficient (Wildman–Crippen LogP) is 4.29. The molecule has 1 atom stereocenters. The van der Waals surface area contributed by atoms with Gasteiger partial charge >= 0.3 is 12.0 Å². The van der Waals surface area contributed by atoms with E-state index in [-0.39, 0.29) is 17.9 Å². The van der Waals surface area contributed by atoms with E-state index in [9.17, 15) is 13.6 Å². The standard InChI is InChI=1S/C19H19F2N3O3S/c20-19(21,13-4-2-1-3-5-13)16-10-14(23-27-16)15-11-28-17(22-15)12-6-8-24(9-7-12)18(25)26/h1-5,11-12,16H,6-10H2,(H,25,26). The minimum Gasteiger partial charge on any atom is -0.465 e. The van der Waals surface area contributed by atoms with Gasteiger partial charge in [0.1, 0.15) is 5.71 Å². The van der Waals surface area contributed by atoms with Gasteiger partial charge in [0.15, 0.2) is 0 Å². The third-order valence-corrected chi connectivity index (χ3v) is 6.17. The van der Waals surface area contributed by atoms with Crippen molar-refractivity contribution in [3.05, 3.63) is 52.0 Å². The number of benzene rings is 1. The summed E-state index contributed by atoms with van der Waals surface area (Å²) in [6, 6.07) is 7.59. The Morgan fingerprint density at radius 1 is 1.25 bits per heavy atom. The Labute approximate surface area is 164 Å². The van der Waals surface area contributed by atoms with Gasteiger partial charge in [-0.05, 0) is 12.8 Å². The number of piperidine rings is 1. The molecule has 0 bridgehead atoms. The molecule has 2 aliphatic heterocycles. The average molecular weight is 407 g/mol. The molecule has 148 valence electrons. The van der Waals surface area contributed by atoms with Crippen LogP contribution in [0.1, 0.15) is 41.4 Å². The fourth-order valence-corrected chi connectivity index (χ4v) is 4.50. The highest BCUT2D eigenvalue weighted by molar-refractivity contribution is 7.10. The summed E-state index contributed by atoms with van der Waals surface area (Å²) < 4.78 is 29.4. The number of oxime groups is 1. The van der Waals surface area contributed by atoms with E-state index in [2.05, 4.69) is 10.1 Å². The van der Waals surface area contributed by atoms with Crippen LogP contribution in [0.3, 0.4) is 0 Å². The lowest BCUT2D eigenvalue weighted by Gasteiger charge is -2.28. The van der Waals surface area contributed by atoms with Crippen LogP contribution in [0.15, 0.2) is 40.9 Å². The normalized spacial score (nSPS) is 20.7. The lowest BCUT2D eigenvalue weighted by Crippen LogP contribution is -2.36. The number of halogens is 2. The number of aromatic nitrogens is 1. The van der Waals surface area contributed by atoms with Gasteiger partial charge in [-0.3, -0.25) is 0 Å². The molecule has 1 aromatic heterocycles. The maximum atomic E-state index is 14.7. The second-order valence-corrected chi connectivity index (χ2v) is 7.83. The number of likely N-dealkylation sites (tertiary alicyclic amines) is 1. The molecule has 1 amide bonds. The molecule has 28 heavy (non-hydrogen) atoms. The fourth-order valence-electron chi connectivity index (χ4n) is 3.49. The molecule has 1 fully saturated rings. The van der Waals surface area contributed by atoms with Crippen molar-refractivity contribution in [3.63, 3.8) is 0 Å². The number of carbonyl (C=O) groups is 1. The Balaban J connectivity index is 1.41. The lowest BCUT2D eigenvalue weighted by molar-refractivity contribution is -0.131. The molecule has 1 aromatic carbocycles. The Bertz CT molecular complexity index is 880. The molecule has 3 heterocycles. The summed E-state index contributed by atoms with van der Waals surface area (Å²) in [5.41, 5.74) is 0.888. The van der Waals surface area contributed by atoms with Crippen LogP contribution in [0.5, 0.6) is 0 Å². The van der Waals surface area contributed by atoms with Crippen LogP contribution >= 0.6 is 11.3 Å². The number of rotatable bonds is 4. The Morgan fingerprint density at radius 2 is 1.96 bits per heavy atom. The van der Waals surface area contributed by atoms with E-state index in [0.717, 1.165) is 5.01 Å². The molecule has 0 saturated carbocycles. The lowest BCUT2D eigenvalue weighted by atomic mass is 9.97. The molecule has 1 saturated heterocycles. The first-order valence-corrected chi connectivity index (χ1v) is 9.93. The van der Waals surface area contributed by atoms with Crippen LogP contribution < -0.4 is 0 Å². The van der Waals surface area contributed by atoms with Crippen molar-refractivity contribution in [2.45, 2.75) is 37.2 Å². The first kappa shape index (κ1) is 18.8. The van der Waals surface area contributed by atoms with Gasteiger partial charge in [-0.1, -0.05) is 35.5 Å². The molecule has 9 heteroatoms. The Kier molecular flexibility index (Phi) is 5.01. The monoisotopic (exact) mass is 407 g/mol. The number of alkyl halides is 2. The number of hydrogen-bond donors (Lipinski definition) is 1. The van der Waals surface area contributed by atoms with E-state index in [1.807, 2.05) is 5.38 Å². The second-order valence-electron chi connectivity index (χ2n) is 6.94. The van der Waals surface area contributed by atoms with Gasteiger partial charge in [0.2, 0.25) is 6.10 Å². The molecule has 2 aromatic rings. The molecule has 0 spiro atoms. The van der Waals surface area contributed by atoms with Crippen molar-refractivity contribution >= 4 is 23.1 Å². The van der Waals surface area contributed by atoms with E-state index in [4.69, 9.17) is 9.94 Å². The van der Waals surface area contributed by atoms with Crippen molar-refractivity contribution in [1.29, 1.82) is 0 Å². The van der Waals surface area contributed by atoms with Crippen LogP contribution in [0.2, 0.25) is 0 Å². The summed E-state index contributed by atoms with van der Waals surface area (Å²) in [5.74, 6) is -2.96. The predicted molar refractivity (Wildman–Crippen MR) is 100 cm³/mol. The van der Waals surface area contributed by atoms with Crippen molar-refractivity contribution in [1.82, 2.24) is 9.88 Å². The number of carboxylic acid groups (broad SMARTS) is 1. The molecular formula is C19H19F2N3O3S. The quantitative estimate of drug-likeness (QED) is 0.821. The molecule has 1 unspecified atom stereocenters. The molecule has 1 N–H and O–H groups in total. The molecule has 4 rings (SSSR count). The number of nitrogens with zero attached hydrogens (tertiary/aromatic N) is 3. The van der Waals surface area contributed by atoms with E-state index in [1.165, 1.54) is 28.4 Å². The molecular weight excluding hydrogens is 388 g/mol. The van der Waals surface area contributed by atoms with Gasteiger partial charge in [-0.25, -0.2) is 9.78 Å². The molecule has 6 nitrogen and oxygen atoms in total. The minimum atomic E-state index is -3.14. The SMILES string of the molecule is O=C(O)N1CCC(c2nc(C3=NOC(C(F)(F)c4ccccc4)C3)cs2)CC1. The molecule has 2 aliphatic rings. The van der Waals surface area contributed by atoms with Gasteiger partial charge in [-0.15, -0.1) is 11.3 Å². The van der Waals surface area contributed by atoms with E-state index in [1.54, 1.807) is 18.2 Å². The smallest absolute Gasteiger partial charge is 0.407 e. The average Bonchev–Trinajstić information content (AvgIpc) is 3.39. The van der Waals surface area contributed by atoms with Crippen LogP contribution in [0.4, 0.5) is 13.6 Å². The van der Waals surface area contributed by atoms with Gasteiger partial charge in [0.25, 0.3) is 0 Å². The largest absolute Gasteiger partial charge is 0.465 e. The van der Waals surface area contributed by atoms with Gasteiger partial charge in [0.05, 0.1) is 10.7 Å². The van der Waals surface area contributed by atoms with Crippen LogP contribution in [0.25, 0.3) is 0 Å². The number of hydrogen-bond acceptors (Lipinski definition) is 5. The van der Waals surface area contributed by atoms with Gasteiger partial charge in [-0.2, -0.15) is 8.78 Å². The molecule has 0 radical (unpaired) electrons. The summed E-state index contributed by atoms with van der Waals surface area (Å²) in [6.07, 6.45) is -0.855. The van der Waals surface area contributed by atoms with E-state index < -0.39 is 18.1 Å². The summed E-state index contributed by atoms with van der Waals surface area (Å²) in [7, 11) is 0. The van der Waals surface area contributed by atoms with Crippen molar-refractivity contribution < 1.29 is 23.5 Å². The summed E-state index contributed by atoms with van der Waals surface area (Å²) >= 11 is 1.46. The van der Waals surface area contributed by atoms with E-state index >= 15 is 0 Å². The third-order valence-electron chi connectivity index (χ3n) is 5.16. The zero-order chi connectivity index (χ0) is 19.7. The maximum absolute atomic E-state index is 14.7. The highest BCUT2D eigenvalue weighted by Gasteiger charge is 2.47. The van der Waals surface area contributed by atoms with Crippen LogP contribution in [0, 0.1) is 0 Å². The van der Waals surface area contributed by atoms with E-state index in [0.29, 0.717) is 37.3 Å². The second kappa shape index (κ2) is 7.46. The van der Waals surface area contributed by atoms with Gasteiger partial charge < -0.3 is 14.8 Å². The minimum absolute atomic E-state index is 0.0114. The topological polar surface area (TPSA) is 75.0 Å². The summed E-state index contributed by atoms with van der Waals surface area (Å²) in [5, 5.41) is 15.6. The number of thiazole rings is 1. The zero-order valence-electron chi connectivity index (χ0n) is 14.9. The number of amides is 1. The first-order chi connectivity index (χ1) is 13.4. The van der Waals surface area contributed by atoms with Crippen molar-refractivity contribution in [3.8, 4) is 0 Å². The summed E-state index contributed by atoms with van der Waals surface area (Å²) in [6.45, 7) is 0.953. The zero-order valence-corrected chi connectivity index (χ0v) is 15.7. The highest BCUT2D eigenvalue weighted by Crippen LogP contribution is 2.38. The fraction of sp³-hybridized carbons (Fsp3) is 0.421. The molecule has 0 aliphatic carbocycles. The first-order valence-electron chi connectivity index (χ1n) is 9.05. The van der Waals surface area contributed by atoms with Crippen LogP contribution in [-0.4, -0.2) is 46.0 Å².